The standard InChI is InChI=1S/C21H39P2.C5H5.Ti/c1-5-9-16-22(17-10-6-2)20-14-13-15-21(20)23(18-11-7-3)19-12-8-4;1-2-4-5-3-1;/h13-15H,5-12,16-19H2,1-4H3;1-5H;. The summed E-state index contributed by atoms with van der Waals surface area (Å²) in [5.74, 6) is 0. The van der Waals surface area contributed by atoms with Crippen LogP contribution in [0, 0.1) is 0 Å². The predicted octanol–water partition coefficient (Wildman–Crippen LogP) is 9.36. The maximum atomic E-state index is 2.49. The van der Waals surface area contributed by atoms with Crippen molar-refractivity contribution in [3.8, 4) is 0 Å². The molecule has 10 saturated heterocycles. The molecule has 4 atom stereocenters. The second-order valence-electron chi connectivity index (χ2n) is 18.1. The molecule has 0 amide bonds. The number of rotatable bonds is 14. The molecule has 10 fully saturated rings. The van der Waals surface area contributed by atoms with E-state index in [0.29, 0.717) is 15.8 Å². The Morgan fingerprint density at radius 3 is 1.03 bits per heavy atom. The average Bonchev–Trinajstić information content (AvgIpc) is 3.67. The maximum absolute atomic E-state index is 3.61. The summed E-state index contributed by atoms with van der Waals surface area (Å²) < 4.78 is 15.0. The first-order chi connectivity index (χ1) is 14.0. The van der Waals surface area contributed by atoms with Crippen LogP contribution >= 0.6 is 15.8 Å². The molecule has 0 aromatic rings. The van der Waals surface area contributed by atoms with Gasteiger partial charge in [0.25, 0.3) is 0 Å². The van der Waals surface area contributed by atoms with Crippen LogP contribution in [0.1, 0.15) is 79.1 Å². The predicted molar refractivity (Wildman–Crippen MR) is 128 cm³/mol. The van der Waals surface area contributed by atoms with Crippen molar-refractivity contribution >= 4 is 15.8 Å². The zero-order valence-corrected chi connectivity index (χ0v) is 22.8. The number of fused-ring (bicyclic) bond motifs is 10. The van der Waals surface area contributed by atoms with Crippen LogP contribution in [0.25, 0.3) is 0 Å². The van der Waals surface area contributed by atoms with Gasteiger partial charge in [-0.2, -0.15) is 0 Å². The Hall–Kier alpha value is 1.57. The van der Waals surface area contributed by atoms with Crippen LogP contribution in [0.15, 0.2) is 0 Å². The molecule has 4 unspecified atom stereocenters. The Labute approximate surface area is 168 Å². The van der Waals surface area contributed by atoms with E-state index < -0.39 is 8.89 Å². The van der Waals surface area contributed by atoms with Gasteiger partial charge in [-0.05, 0) is 0 Å². The SMILES string of the molecule is CCCCP(CCCC)[C]12[CH]3[CH]4[CH]5[C]1(P(CCCC)CCCC)[Ti]43521678[CH]2[CH]1[CH]6[CH]7[CH]28. The van der Waals surface area contributed by atoms with Crippen molar-refractivity contribution in [1.29, 1.82) is 0 Å². The van der Waals surface area contributed by atoms with E-state index in [9.17, 15) is 0 Å². The van der Waals surface area contributed by atoms with Gasteiger partial charge in [0.1, 0.15) is 0 Å². The molecule has 0 nitrogen and oxygen atoms in total. The fourth-order valence-corrected chi connectivity index (χ4v) is 199. The van der Waals surface area contributed by atoms with Gasteiger partial charge in [0, 0.05) is 0 Å². The summed E-state index contributed by atoms with van der Waals surface area (Å²) in [7, 11) is -2.76. The van der Waals surface area contributed by atoms with Gasteiger partial charge in [0.15, 0.2) is 0 Å². The quantitative estimate of drug-likeness (QED) is 0.177. The summed E-state index contributed by atoms with van der Waals surface area (Å²) in [5.41, 5.74) is 0. The third kappa shape index (κ3) is 0.342. The van der Waals surface area contributed by atoms with E-state index in [0.717, 1.165) is 0 Å². The minimum absolute atomic E-state index is 0.426. The second-order valence-corrected chi connectivity index (χ2v) is 57.6. The van der Waals surface area contributed by atoms with Crippen LogP contribution in [-0.4, -0.2) is 31.6 Å². The zero-order valence-electron chi connectivity index (χ0n) is 19.5. The molecule has 10 aliphatic heterocycles. The van der Waals surface area contributed by atoms with Gasteiger partial charge in [0.2, 0.25) is 0 Å². The second kappa shape index (κ2) is 2.39. The number of unbranched alkanes of at least 4 members (excludes halogenated alkanes) is 4. The van der Waals surface area contributed by atoms with Gasteiger partial charge < -0.3 is 0 Å². The summed E-state index contributed by atoms with van der Waals surface area (Å²) >= 11 is 0. The summed E-state index contributed by atoms with van der Waals surface area (Å²) in [6.07, 6.45) is 19.3. The molecule has 10 heterocycles. The molecule has 162 valence electrons. The first-order valence-corrected chi connectivity index (χ1v) is 26.7. The van der Waals surface area contributed by atoms with Crippen LogP contribution in [-0.2, 0) is 8.89 Å². The van der Waals surface area contributed by atoms with Crippen LogP contribution in [0.2, 0.25) is 33.8 Å². The van der Waals surface area contributed by atoms with Crippen LogP contribution in [0.3, 0.4) is 0 Å². The first kappa shape index (κ1) is 17.1. The summed E-state index contributed by atoms with van der Waals surface area (Å²) in [6, 6.07) is 0. The Bertz CT molecular complexity index is 1080. The summed E-state index contributed by atoms with van der Waals surface area (Å²) in [5, 5.41) is 0. The molecular formula is C26H44P2Ti. The van der Waals surface area contributed by atoms with Gasteiger partial charge >= 0.3 is 169 Å². The first-order valence-electron chi connectivity index (χ1n) is 14.5. The molecule has 0 aliphatic carbocycles. The van der Waals surface area contributed by atoms with Crippen molar-refractivity contribution < 1.29 is 8.89 Å². The Morgan fingerprint density at radius 2 is 0.828 bits per heavy atom. The van der Waals surface area contributed by atoms with Crippen molar-refractivity contribution in [3.05, 3.63) is 0 Å². The molecule has 10 rings (SSSR count). The van der Waals surface area contributed by atoms with E-state index >= 15 is 0 Å². The minimum atomic E-state index is -3.61. The molecule has 0 bridgehead atoms. The van der Waals surface area contributed by atoms with E-state index in [1.807, 2.05) is 0 Å². The summed E-state index contributed by atoms with van der Waals surface area (Å²) in [4.78, 5) is 0. The van der Waals surface area contributed by atoms with Crippen molar-refractivity contribution in [3.63, 3.8) is 0 Å². The van der Waals surface area contributed by atoms with E-state index in [4.69, 9.17) is 0 Å². The third-order valence-electron chi connectivity index (χ3n) is 24.4. The molecule has 0 saturated carbocycles. The third-order valence-corrected chi connectivity index (χ3v) is 104. The van der Waals surface area contributed by atoms with Gasteiger partial charge in [0.05, 0.1) is 0 Å². The van der Waals surface area contributed by atoms with Crippen LogP contribution in [0.4, 0.5) is 0 Å². The van der Waals surface area contributed by atoms with Crippen LogP contribution < -0.4 is 0 Å². The fraction of sp³-hybridized carbons (Fsp3) is 1.00. The van der Waals surface area contributed by atoms with Crippen molar-refractivity contribution in [2.24, 2.45) is 0 Å². The van der Waals surface area contributed by atoms with Gasteiger partial charge in [-0.25, -0.2) is 0 Å². The van der Waals surface area contributed by atoms with Crippen molar-refractivity contribution in [2.45, 2.75) is 120 Å². The number of hydrogen-bond acceptors (Lipinski definition) is 0. The van der Waals surface area contributed by atoms with Gasteiger partial charge in [-0.15, -0.1) is 0 Å². The average molecular weight is 466 g/mol. The van der Waals surface area contributed by atoms with Crippen molar-refractivity contribution in [2.75, 3.05) is 24.6 Å². The van der Waals surface area contributed by atoms with Gasteiger partial charge in [-0.1, -0.05) is 0 Å². The van der Waals surface area contributed by atoms with Crippen molar-refractivity contribution in [1.82, 2.24) is 0 Å². The molecular weight excluding hydrogens is 422 g/mol. The topological polar surface area (TPSA) is 0 Å². The van der Waals surface area contributed by atoms with E-state index in [2.05, 4.69) is 27.7 Å². The molecule has 1 spiro atoms. The molecule has 10 aliphatic rings. The molecule has 0 aromatic heterocycles. The monoisotopic (exact) mass is 466 g/mol. The molecule has 29 heavy (non-hydrogen) atoms. The fourth-order valence-electron chi connectivity index (χ4n) is 28.5. The Morgan fingerprint density at radius 1 is 0.517 bits per heavy atom. The normalized spacial score (nSPS) is 77.9. The summed E-state index contributed by atoms with van der Waals surface area (Å²) in [6.45, 7) is 9.94. The molecule has 3 heteroatoms. The Balaban J connectivity index is 1.19. The van der Waals surface area contributed by atoms with E-state index in [1.54, 1.807) is 84.1 Å². The van der Waals surface area contributed by atoms with Gasteiger partial charge in [-0.3, -0.25) is 0 Å². The number of hydrogen-bond donors (Lipinski definition) is 0. The van der Waals surface area contributed by atoms with E-state index in [-0.39, 0.29) is 0 Å². The van der Waals surface area contributed by atoms with E-state index in [1.165, 1.54) is 32.6 Å². The van der Waals surface area contributed by atoms with Crippen LogP contribution in [0.5, 0.6) is 0 Å². The Kier molecular flexibility index (Phi) is 1.41. The molecule has 0 N–H and O–H groups in total. The molecule has 0 aromatic carbocycles. The zero-order chi connectivity index (χ0) is 19.6. The molecule has 0 radical (unpaired) electrons.